The molecule has 110 valence electrons. The highest BCUT2D eigenvalue weighted by Crippen LogP contribution is 2.22. The van der Waals surface area contributed by atoms with Crippen LogP contribution in [0.25, 0.3) is 0 Å². The summed E-state index contributed by atoms with van der Waals surface area (Å²) < 4.78 is 0. The molecule has 0 aliphatic carbocycles. The number of nitrogens with zero attached hydrogens (tertiary/aromatic N) is 2. The van der Waals surface area contributed by atoms with E-state index >= 15 is 0 Å². The van der Waals surface area contributed by atoms with Crippen molar-refractivity contribution in [2.45, 2.75) is 12.8 Å². The van der Waals surface area contributed by atoms with Crippen molar-refractivity contribution in [2.24, 2.45) is 5.92 Å². The maximum Gasteiger partial charge on any atom is 0.263 e. The minimum Gasteiger partial charge on any atom is -0.338 e. The van der Waals surface area contributed by atoms with Crippen molar-refractivity contribution >= 4 is 39.6 Å². The molecular formula is C14H15N3O2S2. The molecule has 2 amide bonds. The molecule has 5 nitrogen and oxygen atoms in total. The molecule has 3 heterocycles. The van der Waals surface area contributed by atoms with E-state index in [4.69, 9.17) is 0 Å². The number of amides is 2. The van der Waals surface area contributed by atoms with Gasteiger partial charge in [0.25, 0.3) is 5.91 Å². The highest BCUT2D eigenvalue weighted by Gasteiger charge is 2.28. The predicted octanol–water partition coefficient (Wildman–Crippen LogP) is 2.70. The van der Waals surface area contributed by atoms with Gasteiger partial charge in [0.15, 0.2) is 5.13 Å². The summed E-state index contributed by atoms with van der Waals surface area (Å²) in [6, 6.07) is 3.72. The number of nitrogens with one attached hydrogen (secondary N) is 1. The molecule has 0 atom stereocenters. The molecule has 1 N–H and O–H groups in total. The Balaban J connectivity index is 1.53. The zero-order chi connectivity index (χ0) is 14.7. The molecule has 1 aliphatic rings. The van der Waals surface area contributed by atoms with Gasteiger partial charge < -0.3 is 10.2 Å². The normalized spacial score (nSPS) is 15.9. The Morgan fingerprint density at radius 2 is 2.05 bits per heavy atom. The molecule has 0 aromatic carbocycles. The van der Waals surface area contributed by atoms with Crippen LogP contribution in [0.3, 0.4) is 0 Å². The van der Waals surface area contributed by atoms with Gasteiger partial charge >= 0.3 is 0 Å². The summed E-state index contributed by atoms with van der Waals surface area (Å²) >= 11 is 2.87. The van der Waals surface area contributed by atoms with Gasteiger partial charge in [0.1, 0.15) is 0 Å². The Morgan fingerprint density at radius 3 is 2.67 bits per heavy atom. The molecule has 2 aromatic rings. The van der Waals surface area contributed by atoms with E-state index in [0.29, 0.717) is 31.1 Å². The first-order valence-corrected chi connectivity index (χ1v) is 8.53. The quantitative estimate of drug-likeness (QED) is 0.945. The Morgan fingerprint density at radius 1 is 1.24 bits per heavy atom. The molecule has 2 aromatic heterocycles. The van der Waals surface area contributed by atoms with Crippen molar-refractivity contribution in [1.29, 1.82) is 0 Å². The third-order valence-corrected chi connectivity index (χ3v) is 5.09. The Kier molecular flexibility index (Phi) is 4.31. The molecule has 1 fully saturated rings. The molecule has 0 saturated carbocycles. The van der Waals surface area contributed by atoms with Gasteiger partial charge in [-0.15, -0.1) is 22.7 Å². The first-order chi connectivity index (χ1) is 10.2. The van der Waals surface area contributed by atoms with Crippen LogP contribution in [0.1, 0.15) is 22.5 Å². The van der Waals surface area contributed by atoms with Gasteiger partial charge in [0.05, 0.1) is 4.88 Å². The molecular weight excluding hydrogens is 306 g/mol. The summed E-state index contributed by atoms with van der Waals surface area (Å²) in [5.41, 5.74) is 0. The average Bonchev–Trinajstić information content (AvgIpc) is 3.20. The molecule has 3 rings (SSSR count). The molecule has 0 bridgehead atoms. The summed E-state index contributed by atoms with van der Waals surface area (Å²) in [5.74, 6) is 0.0400. The molecule has 1 saturated heterocycles. The maximum atomic E-state index is 12.2. The maximum absolute atomic E-state index is 12.2. The number of thiazole rings is 1. The van der Waals surface area contributed by atoms with Crippen LogP contribution in [-0.2, 0) is 4.79 Å². The van der Waals surface area contributed by atoms with E-state index in [2.05, 4.69) is 10.3 Å². The number of rotatable bonds is 3. The third kappa shape index (κ3) is 3.30. The molecule has 7 heteroatoms. The molecule has 0 unspecified atom stereocenters. The van der Waals surface area contributed by atoms with Gasteiger partial charge in [-0.1, -0.05) is 6.07 Å². The van der Waals surface area contributed by atoms with E-state index in [-0.39, 0.29) is 17.7 Å². The van der Waals surface area contributed by atoms with Crippen LogP contribution in [0.5, 0.6) is 0 Å². The van der Waals surface area contributed by atoms with E-state index in [1.165, 1.54) is 22.7 Å². The molecule has 21 heavy (non-hydrogen) atoms. The van der Waals surface area contributed by atoms with Gasteiger partial charge in [0.2, 0.25) is 5.91 Å². The standard InChI is InChI=1S/C14H15N3O2S2/c18-12(16-14-15-5-9-21-14)10-3-6-17(7-4-10)13(19)11-2-1-8-20-11/h1-2,5,8-10H,3-4,6-7H2,(H,15,16,18). The van der Waals surface area contributed by atoms with E-state index in [0.717, 1.165) is 4.88 Å². The van der Waals surface area contributed by atoms with Crippen LogP contribution < -0.4 is 5.32 Å². The third-order valence-electron chi connectivity index (χ3n) is 3.55. The molecule has 0 spiro atoms. The minimum atomic E-state index is -0.0405. The fourth-order valence-electron chi connectivity index (χ4n) is 2.39. The van der Waals surface area contributed by atoms with Crippen LogP contribution in [0, 0.1) is 5.92 Å². The number of hydrogen-bond donors (Lipinski definition) is 1. The van der Waals surface area contributed by atoms with Crippen LogP contribution in [0.4, 0.5) is 5.13 Å². The summed E-state index contributed by atoms with van der Waals surface area (Å²) in [6.45, 7) is 1.26. The summed E-state index contributed by atoms with van der Waals surface area (Å²) in [6.07, 6.45) is 3.07. The second kappa shape index (κ2) is 6.36. The van der Waals surface area contributed by atoms with Crippen molar-refractivity contribution in [3.8, 4) is 0 Å². The van der Waals surface area contributed by atoms with Gasteiger partial charge in [-0.2, -0.15) is 0 Å². The van der Waals surface area contributed by atoms with Crippen LogP contribution >= 0.6 is 22.7 Å². The number of thiophene rings is 1. The Hall–Kier alpha value is -1.73. The lowest BCUT2D eigenvalue weighted by Gasteiger charge is -2.30. The lowest BCUT2D eigenvalue weighted by atomic mass is 9.96. The summed E-state index contributed by atoms with van der Waals surface area (Å²) in [5, 5.41) is 7.20. The number of likely N-dealkylation sites (tertiary alicyclic amines) is 1. The predicted molar refractivity (Wildman–Crippen MR) is 83.7 cm³/mol. The number of anilines is 1. The highest BCUT2D eigenvalue weighted by atomic mass is 32.1. The second-order valence-electron chi connectivity index (χ2n) is 4.87. The zero-order valence-corrected chi connectivity index (χ0v) is 13.0. The number of piperidine rings is 1. The first-order valence-electron chi connectivity index (χ1n) is 6.77. The Labute approximate surface area is 130 Å². The van der Waals surface area contributed by atoms with Crippen molar-refractivity contribution in [3.63, 3.8) is 0 Å². The van der Waals surface area contributed by atoms with Crippen LogP contribution in [0.15, 0.2) is 29.1 Å². The summed E-state index contributed by atoms with van der Waals surface area (Å²) in [7, 11) is 0. The SMILES string of the molecule is O=C(Nc1nccs1)C1CCN(C(=O)c2cccs2)CC1. The van der Waals surface area contributed by atoms with E-state index < -0.39 is 0 Å². The monoisotopic (exact) mass is 321 g/mol. The minimum absolute atomic E-state index is 0.00757. The van der Waals surface area contributed by atoms with Crippen LogP contribution in [-0.4, -0.2) is 34.8 Å². The lowest BCUT2D eigenvalue weighted by Crippen LogP contribution is -2.41. The van der Waals surface area contributed by atoms with Crippen molar-refractivity contribution < 1.29 is 9.59 Å². The lowest BCUT2D eigenvalue weighted by molar-refractivity contribution is -0.121. The topological polar surface area (TPSA) is 62.3 Å². The smallest absolute Gasteiger partial charge is 0.263 e. The number of aromatic nitrogens is 1. The van der Waals surface area contributed by atoms with Crippen molar-refractivity contribution in [3.05, 3.63) is 34.0 Å². The number of carbonyl (C=O) groups excluding carboxylic acids is 2. The van der Waals surface area contributed by atoms with E-state index in [1.807, 2.05) is 27.8 Å². The Bertz CT molecular complexity index is 602. The fourth-order valence-corrected chi connectivity index (χ4v) is 3.62. The van der Waals surface area contributed by atoms with E-state index in [1.54, 1.807) is 6.20 Å². The van der Waals surface area contributed by atoms with E-state index in [9.17, 15) is 9.59 Å². The van der Waals surface area contributed by atoms with Gasteiger partial charge in [-0.05, 0) is 24.3 Å². The molecule has 0 radical (unpaired) electrons. The molecule has 1 aliphatic heterocycles. The van der Waals surface area contributed by atoms with Gasteiger partial charge in [-0.25, -0.2) is 4.98 Å². The summed E-state index contributed by atoms with van der Waals surface area (Å²) in [4.78, 5) is 31.0. The van der Waals surface area contributed by atoms with Gasteiger partial charge in [-0.3, -0.25) is 9.59 Å². The van der Waals surface area contributed by atoms with Crippen molar-refractivity contribution in [1.82, 2.24) is 9.88 Å². The fraction of sp³-hybridized carbons (Fsp3) is 0.357. The highest BCUT2D eigenvalue weighted by molar-refractivity contribution is 7.13. The first kappa shape index (κ1) is 14.2. The van der Waals surface area contributed by atoms with Crippen molar-refractivity contribution in [2.75, 3.05) is 18.4 Å². The van der Waals surface area contributed by atoms with Crippen LogP contribution in [0.2, 0.25) is 0 Å². The second-order valence-corrected chi connectivity index (χ2v) is 6.71. The van der Waals surface area contributed by atoms with Gasteiger partial charge in [0, 0.05) is 30.6 Å². The zero-order valence-electron chi connectivity index (χ0n) is 11.3. The average molecular weight is 321 g/mol. The number of hydrogen-bond acceptors (Lipinski definition) is 5. The largest absolute Gasteiger partial charge is 0.338 e. The number of carbonyl (C=O) groups is 2.